The van der Waals surface area contributed by atoms with Gasteiger partial charge in [0, 0.05) is 19.3 Å². The van der Waals surface area contributed by atoms with Crippen LogP contribution >= 0.6 is 0 Å². The molecule has 0 saturated heterocycles. The quantitative estimate of drug-likeness (QED) is 0.804. The number of rotatable bonds is 6. The maximum atomic E-state index is 5.35. The highest BCUT2D eigenvalue weighted by Gasteiger charge is 2.14. The van der Waals surface area contributed by atoms with Crippen LogP contribution < -0.4 is 10.1 Å². The Kier molecular flexibility index (Phi) is 4.62. The van der Waals surface area contributed by atoms with Gasteiger partial charge in [0.15, 0.2) is 0 Å². The molecule has 0 bridgehead atoms. The van der Waals surface area contributed by atoms with Gasteiger partial charge in [-0.25, -0.2) is 0 Å². The number of hydrogen-bond donors (Lipinski definition) is 1. The molecule has 16 heavy (non-hydrogen) atoms. The predicted molar refractivity (Wildman–Crippen MR) is 67.2 cm³/mol. The second kappa shape index (κ2) is 5.75. The van der Waals surface area contributed by atoms with Crippen molar-refractivity contribution in [1.82, 2.24) is 0 Å². The Bertz CT molecular complexity index is 306. The molecule has 0 spiro atoms. The van der Waals surface area contributed by atoms with E-state index in [1.165, 1.54) is 0 Å². The molecular formula is C13H21NO2. The van der Waals surface area contributed by atoms with Crippen molar-refractivity contribution in [2.24, 2.45) is 0 Å². The summed E-state index contributed by atoms with van der Waals surface area (Å²) in [6, 6.07) is 7.92. The first-order chi connectivity index (χ1) is 7.57. The molecule has 0 saturated carbocycles. The van der Waals surface area contributed by atoms with Crippen molar-refractivity contribution in [2.45, 2.75) is 25.9 Å². The van der Waals surface area contributed by atoms with Gasteiger partial charge in [-0.15, -0.1) is 0 Å². The number of anilines is 1. The van der Waals surface area contributed by atoms with Gasteiger partial charge in [0.25, 0.3) is 0 Å². The molecule has 0 heterocycles. The fourth-order valence-corrected chi connectivity index (χ4v) is 1.32. The van der Waals surface area contributed by atoms with Crippen molar-refractivity contribution in [3.8, 4) is 5.75 Å². The fraction of sp³-hybridized carbons (Fsp3) is 0.538. The van der Waals surface area contributed by atoms with Crippen LogP contribution in [0.1, 0.15) is 20.3 Å². The Morgan fingerprint density at radius 1 is 1.12 bits per heavy atom. The second-order valence-corrected chi connectivity index (χ2v) is 4.37. The molecule has 3 heteroatoms. The van der Waals surface area contributed by atoms with E-state index in [1.54, 1.807) is 14.2 Å². The van der Waals surface area contributed by atoms with Crippen LogP contribution in [-0.4, -0.2) is 26.4 Å². The van der Waals surface area contributed by atoms with Crippen molar-refractivity contribution in [1.29, 1.82) is 0 Å². The first kappa shape index (κ1) is 12.8. The van der Waals surface area contributed by atoms with E-state index < -0.39 is 0 Å². The van der Waals surface area contributed by atoms with Crippen molar-refractivity contribution in [2.75, 3.05) is 26.1 Å². The van der Waals surface area contributed by atoms with Gasteiger partial charge in [-0.05, 0) is 44.5 Å². The lowest BCUT2D eigenvalue weighted by molar-refractivity contribution is 0.0185. The first-order valence-electron chi connectivity index (χ1n) is 5.50. The molecule has 1 aromatic carbocycles. The summed E-state index contributed by atoms with van der Waals surface area (Å²) in [5, 5.41) is 3.35. The SMILES string of the molecule is COc1ccc(NCCC(C)(C)OC)cc1. The zero-order chi connectivity index (χ0) is 12.0. The number of ether oxygens (including phenoxy) is 2. The lowest BCUT2D eigenvalue weighted by atomic mass is 10.1. The fourth-order valence-electron chi connectivity index (χ4n) is 1.32. The topological polar surface area (TPSA) is 30.5 Å². The minimum absolute atomic E-state index is 0.0700. The Labute approximate surface area is 97.8 Å². The van der Waals surface area contributed by atoms with E-state index in [-0.39, 0.29) is 5.60 Å². The smallest absolute Gasteiger partial charge is 0.119 e. The lowest BCUT2D eigenvalue weighted by Crippen LogP contribution is -2.25. The summed E-state index contributed by atoms with van der Waals surface area (Å²) in [5.74, 6) is 0.878. The van der Waals surface area contributed by atoms with E-state index in [1.807, 2.05) is 24.3 Å². The molecule has 0 atom stereocenters. The average Bonchev–Trinajstić information content (AvgIpc) is 2.30. The highest BCUT2D eigenvalue weighted by Crippen LogP contribution is 2.17. The number of hydrogen-bond acceptors (Lipinski definition) is 3. The molecule has 0 unspecified atom stereocenters. The Morgan fingerprint density at radius 2 is 1.75 bits per heavy atom. The zero-order valence-electron chi connectivity index (χ0n) is 10.5. The van der Waals surface area contributed by atoms with Crippen molar-refractivity contribution < 1.29 is 9.47 Å². The molecule has 0 aliphatic heterocycles. The van der Waals surface area contributed by atoms with Crippen LogP contribution in [0.3, 0.4) is 0 Å². The minimum Gasteiger partial charge on any atom is -0.497 e. The van der Waals surface area contributed by atoms with Gasteiger partial charge < -0.3 is 14.8 Å². The van der Waals surface area contributed by atoms with E-state index >= 15 is 0 Å². The molecular weight excluding hydrogens is 202 g/mol. The van der Waals surface area contributed by atoms with Gasteiger partial charge in [-0.2, -0.15) is 0 Å². The first-order valence-corrected chi connectivity index (χ1v) is 5.50. The summed E-state index contributed by atoms with van der Waals surface area (Å²) in [4.78, 5) is 0. The Hall–Kier alpha value is -1.22. The van der Waals surface area contributed by atoms with Gasteiger partial charge in [-0.1, -0.05) is 0 Å². The van der Waals surface area contributed by atoms with E-state index in [9.17, 15) is 0 Å². The van der Waals surface area contributed by atoms with E-state index in [4.69, 9.17) is 9.47 Å². The van der Waals surface area contributed by atoms with Gasteiger partial charge in [0.05, 0.1) is 12.7 Å². The standard InChI is InChI=1S/C13H21NO2/c1-13(2,16-4)9-10-14-11-5-7-12(15-3)8-6-11/h5-8,14H,9-10H2,1-4H3. The maximum absolute atomic E-state index is 5.35. The van der Waals surface area contributed by atoms with E-state index in [0.717, 1.165) is 24.4 Å². The Balaban J connectivity index is 2.37. The van der Waals surface area contributed by atoms with Crippen molar-refractivity contribution in [3.05, 3.63) is 24.3 Å². The molecule has 0 amide bonds. The maximum Gasteiger partial charge on any atom is 0.119 e. The highest BCUT2D eigenvalue weighted by molar-refractivity contribution is 5.46. The third-order valence-corrected chi connectivity index (χ3v) is 2.70. The third kappa shape index (κ3) is 4.11. The summed E-state index contributed by atoms with van der Waals surface area (Å²) in [6.45, 7) is 5.07. The third-order valence-electron chi connectivity index (χ3n) is 2.70. The summed E-state index contributed by atoms with van der Waals surface area (Å²) < 4.78 is 10.4. The van der Waals surface area contributed by atoms with Crippen LogP contribution in [0.25, 0.3) is 0 Å². The van der Waals surface area contributed by atoms with Crippen LogP contribution in [0, 0.1) is 0 Å². The molecule has 90 valence electrons. The largest absolute Gasteiger partial charge is 0.497 e. The molecule has 1 N–H and O–H groups in total. The van der Waals surface area contributed by atoms with Crippen LogP contribution in [-0.2, 0) is 4.74 Å². The van der Waals surface area contributed by atoms with Crippen LogP contribution in [0.5, 0.6) is 5.75 Å². The average molecular weight is 223 g/mol. The molecule has 0 aliphatic rings. The van der Waals surface area contributed by atoms with Crippen molar-refractivity contribution >= 4 is 5.69 Å². The summed E-state index contributed by atoms with van der Waals surface area (Å²) in [6.07, 6.45) is 0.968. The van der Waals surface area contributed by atoms with E-state index in [2.05, 4.69) is 19.2 Å². The van der Waals surface area contributed by atoms with Gasteiger partial charge >= 0.3 is 0 Å². The molecule has 0 fully saturated rings. The van der Waals surface area contributed by atoms with Gasteiger partial charge in [0.1, 0.15) is 5.75 Å². The summed E-state index contributed by atoms with van der Waals surface area (Å²) >= 11 is 0. The molecule has 0 aliphatic carbocycles. The molecule has 1 aromatic rings. The van der Waals surface area contributed by atoms with Gasteiger partial charge in [0.2, 0.25) is 0 Å². The highest BCUT2D eigenvalue weighted by atomic mass is 16.5. The lowest BCUT2D eigenvalue weighted by Gasteiger charge is -2.23. The van der Waals surface area contributed by atoms with Gasteiger partial charge in [-0.3, -0.25) is 0 Å². The summed E-state index contributed by atoms with van der Waals surface area (Å²) in [7, 11) is 3.41. The van der Waals surface area contributed by atoms with Crippen LogP contribution in [0.15, 0.2) is 24.3 Å². The predicted octanol–water partition coefficient (Wildman–Crippen LogP) is 2.92. The number of methoxy groups -OCH3 is 2. The van der Waals surface area contributed by atoms with Crippen LogP contribution in [0.4, 0.5) is 5.69 Å². The zero-order valence-corrected chi connectivity index (χ0v) is 10.5. The molecule has 3 nitrogen and oxygen atoms in total. The number of benzene rings is 1. The minimum atomic E-state index is -0.0700. The van der Waals surface area contributed by atoms with E-state index in [0.29, 0.717) is 0 Å². The molecule has 0 radical (unpaired) electrons. The number of nitrogens with one attached hydrogen (secondary N) is 1. The normalized spacial score (nSPS) is 11.2. The second-order valence-electron chi connectivity index (χ2n) is 4.37. The summed E-state index contributed by atoms with van der Waals surface area (Å²) in [5.41, 5.74) is 1.03. The monoisotopic (exact) mass is 223 g/mol. The van der Waals surface area contributed by atoms with Crippen LogP contribution in [0.2, 0.25) is 0 Å². The van der Waals surface area contributed by atoms with Crippen molar-refractivity contribution in [3.63, 3.8) is 0 Å². The molecule has 1 rings (SSSR count). The Morgan fingerprint density at radius 3 is 2.25 bits per heavy atom. The molecule has 0 aromatic heterocycles.